The monoisotopic (exact) mass is 303 g/mol. The van der Waals surface area contributed by atoms with E-state index in [-0.39, 0.29) is 44.3 Å². The Bertz CT molecular complexity index is 753. The van der Waals surface area contributed by atoms with Gasteiger partial charge in [-0.3, -0.25) is 19.5 Å². The molecular formula is C13H17N5O2Si-. The number of rotatable bonds is 3. The number of aromatic amines is 1. The van der Waals surface area contributed by atoms with Gasteiger partial charge in [0.2, 0.25) is 5.95 Å². The van der Waals surface area contributed by atoms with Crippen LogP contribution in [0.25, 0.3) is 11.2 Å². The van der Waals surface area contributed by atoms with Crippen LogP contribution in [0.2, 0.25) is 5.54 Å². The van der Waals surface area contributed by atoms with Crippen molar-refractivity contribution in [2.24, 2.45) is 5.92 Å². The van der Waals surface area contributed by atoms with Gasteiger partial charge in [-0.05, 0) is 5.92 Å². The third-order valence-electron chi connectivity index (χ3n) is 4.26. The molecule has 0 aliphatic heterocycles. The summed E-state index contributed by atoms with van der Waals surface area (Å²) in [6.07, 6.45) is 3.33. The van der Waals surface area contributed by atoms with Gasteiger partial charge in [-0.15, -0.1) is 0 Å². The van der Waals surface area contributed by atoms with Crippen LogP contribution in [0.3, 0.4) is 0 Å². The van der Waals surface area contributed by atoms with Crippen molar-refractivity contribution in [3.63, 3.8) is 0 Å². The number of anilines is 1. The van der Waals surface area contributed by atoms with Gasteiger partial charge in [0.25, 0.3) is 5.56 Å². The number of hydrogen-bond acceptors (Lipinski definition) is 5. The average Bonchev–Trinajstić information content (AvgIpc) is 2.99. The van der Waals surface area contributed by atoms with Gasteiger partial charge in [-0.1, -0.05) is 31.9 Å². The number of aromatic nitrogens is 4. The van der Waals surface area contributed by atoms with Crippen molar-refractivity contribution in [3.8, 4) is 0 Å². The van der Waals surface area contributed by atoms with Crippen molar-refractivity contribution in [2.45, 2.75) is 31.3 Å². The minimum Gasteiger partial charge on any atom is -0.634 e. The Hall–Kier alpha value is -1.93. The fourth-order valence-corrected chi connectivity index (χ4v) is 4.17. The molecule has 1 aliphatic carbocycles. The smallest absolute Gasteiger partial charge is 0.280 e. The number of H-pyrrole nitrogens is 1. The van der Waals surface area contributed by atoms with E-state index in [0.29, 0.717) is 5.65 Å². The Morgan fingerprint density at radius 3 is 3.05 bits per heavy atom. The second-order valence-electron chi connectivity index (χ2n) is 5.35. The third-order valence-corrected chi connectivity index (χ3v) is 5.23. The summed E-state index contributed by atoms with van der Waals surface area (Å²) in [5.41, 5.74) is 7.30. The molecule has 0 unspecified atom stereocenters. The molecule has 3 rings (SSSR count). The van der Waals surface area contributed by atoms with Crippen molar-refractivity contribution in [1.82, 2.24) is 19.5 Å². The SMILES string of the molecule is C=C1[C@H](CC)[C@@H]([Si-]O)C[C@@H]1n1cnc2c(=O)[nH]c(N)nc21. The highest BCUT2D eigenvalue weighted by Crippen LogP contribution is 2.48. The number of imidazole rings is 1. The van der Waals surface area contributed by atoms with E-state index in [1.807, 2.05) is 4.57 Å². The van der Waals surface area contributed by atoms with E-state index in [4.69, 9.17) is 5.73 Å². The van der Waals surface area contributed by atoms with Crippen LogP contribution in [-0.2, 0) is 0 Å². The Balaban J connectivity index is 2.09. The second-order valence-corrected chi connectivity index (χ2v) is 6.35. The van der Waals surface area contributed by atoms with E-state index in [1.165, 1.54) is 0 Å². The molecular weight excluding hydrogens is 286 g/mol. The maximum atomic E-state index is 11.8. The molecule has 7 nitrogen and oxygen atoms in total. The first-order valence-electron chi connectivity index (χ1n) is 6.87. The molecule has 0 bridgehead atoms. The van der Waals surface area contributed by atoms with Gasteiger partial charge in [0.05, 0.1) is 12.4 Å². The summed E-state index contributed by atoms with van der Waals surface area (Å²) < 4.78 is 1.85. The Kier molecular flexibility index (Phi) is 3.42. The molecule has 21 heavy (non-hydrogen) atoms. The van der Waals surface area contributed by atoms with Crippen molar-refractivity contribution in [3.05, 3.63) is 28.8 Å². The molecule has 0 aromatic carbocycles. The van der Waals surface area contributed by atoms with E-state index in [2.05, 4.69) is 28.5 Å². The molecule has 1 radical (unpaired) electrons. The van der Waals surface area contributed by atoms with Crippen LogP contribution in [-0.4, -0.2) is 34.1 Å². The highest BCUT2D eigenvalue weighted by Gasteiger charge is 2.33. The summed E-state index contributed by atoms with van der Waals surface area (Å²) in [6.45, 7) is 6.29. The lowest BCUT2D eigenvalue weighted by atomic mass is 10.00. The van der Waals surface area contributed by atoms with Gasteiger partial charge in [0, 0.05) is 0 Å². The van der Waals surface area contributed by atoms with Gasteiger partial charge >= 0.3 is 0 Å². The molecule has 1 aliphatic rings. The number of allylic oxidation sites excluding steroid dienone is 1. The van der Waals surface area contributed by atoms with E-state index in [0.717, 1.165) is 18.4 Å². The number of hydrogen-bond donors (Lipinski definition) is 3. The lowest BCUT2D eigenvalue weighted by molar-refractivity contribution is 0.517. The topological polar surface area (TPSA) is 110 Å². The lowest BCUT2D eigenvalue weighted by Gasteiger charge is -2.25. The maximum absolute atomic E-state index is 11.8. The van der Waals surface area contributed by atoms with Gasteiger partial charge in [-0.2, -0.15) is 10.5 Å². The molecule has 4 N–H and O–H groups in total. The number of nitrogens with zero attached hydrogens (tertiary/aromatic N) is 3. The molecule has 0 saturated heterocycles. The van der Waals surface area contributed by atoms with Gasteiger partial charge in [0.15, 0.2) is 11.2 Å². The van der Waals surface area contributed by atoms with Crippen LogP contribution < -0.4 is 11.3 Å². The highest BCUT2D eigenvalue weighted by molar-refractivity contribution is 6.28. The number of fused-ring (bicyclic) bond motifs is 1. The zero-order chi connectivity index (χ0) is 15.1. The molecule has 3 atom stereocenters. The minimum absolute atomic E-state index is 0.00157. The molecule has 0 spiro atoms. The number of nitrogens with two attached hydrogens (primary N) is 1. The minimum atomic E-state index is -0.340. The Morgan fingerprint density at radius 2 is 2.43 bits per heavy atom. The summed E-state index contributed by atoms with van der Waals surface area (Å²) >= 11 is 0. The van der Waals surface area contributed by atoms with Crippen molar-refractivity contribution < 1.29 is 4.80 Å². The summed E-state index contributed by atoms with van der Waals surface area (Å²) in [5.74, 6) is 0.362. The summed E-state index contributed by atoms with van der Waals surface area (Å²) in [6, 6.07) is -0.00157. The van der Waals surface area contributed by atoms with E-state index in [9.17, 15) is 9.59 Å². The zero-order valence-electron chi connectivity index (χ0n) is 11.7. The number of nitrogens with one attached hydrogen (secondary N) is 1. The predicted octanol–water partition coefficient (Wildman–Crippen LogP) is 0.629. The second kappa shape index (κ2) is 5.12. The molecule has 1 saturated carbocycles. The Labute approximate surface area is 123 Å². The zero-order valence-corrected chi connectivity index (χ0v) is 12.7. The molecule has 1 fully saturated rings. The van der Waals surface area contributed by atoms with Crippen molar-refractivity contribution in [1.29, 1.82) is 0 Å². The first kappa shape index (κ1) is 14.0. The van der Waals surface area contributed by atoms with Crippen LogP contribution in [0.1, 0.15) is 25.8 Å². The summed E-state index contributed by atoms with van der Waals surface area (Å²) in [5, 5.41) is 0. The van der Waals surface area contributed by atoms with Crippen molar-refractivity contribution in [2.75, 3.05) is 5.73 Å². The first-order valence-corrected chi connectivity index (χ1v) is 7.89. The molecule has 8 heteroatoms. The molecule has 2 heterocycles. The van der Waals surface area contributed by atoms with E-state index >= 15 is 0 Å². The van der Waals surface area contributed by atoms with Crippen LogP contribution in [0.15, 0.2) is 23.3 Å². The molecule has 0 amide bonds. The van der Waals surface area contributed by atoms with Crippen LogP contribution in [0.5, 0.6) is 0 Å². The average molecular weight is 303 g/mol. The number of nitrogen functional groups attached to an aromatic ring is 1. The van der Waals surface area contributed by atoms with Crippen LogP contribution in [0, 0.1) is 5.92 Å². The maximum Gasteiger partial charge on any atom is 0.280 e. The molecule has 2 aromatic rings. The van der Waals surface area contributed by atoms with E-state index in [1.54, 1.807) is 6.33 Å². The standard InChI is InChI=1S/C13H17N5O2Si/c1-3-7-6(2)8(4-9(7)21-20)18-5-15-10-11(18)16-13(14)17-12(10)19/h5,7-9,20H,2-4H2,1H3,(H3,14,16,17,19)/q-1/t7-,8-,9-/m0/s1. The van der Waals surface area contributed by atoms with Gasteiger partial charge in [0.1, 0.15) is 0 Å². The van der Waals surface area contributed by atoms with Crippen LogP contribution in [0.4, 0.5) is 5.95 Å². The highest BCUT2D eigenvalue weighted by atomic mass is 28.2. The van der Waals surface area contributed by atoms with Gasteiger partial charge < -0.3 is 15.1 Å². The predicted molar refractivity (Wildman–Crippen MR) is 80.9 cm³/mol. The fourth-order valence-electron chi connectivity index (χ4n) is 3.21. The molecule has 111 valence electrons. The summed E-state index contributed by atoms with van der Waals surface area (Å²) in [4.78, 5) is 32.2. The van der Waals surface area contributed by atoms with E-state index < -0.39 is 0 Å². The first-order chi connectivity index (χ1) is 10.1. The van der Waals surface area contributed by atoms with Crippen molar-refractivity contribution >= 4 is 26.9 Å². The van der Waals surface area contributed by atoms with Gasteiger partial charge in [-0.25, -0.2) is 4.98 Å². The largest absolute Gasteiger partial charge is 0.634 e. The normalized spacial score (nSPS) is 25.8. The quantitative estimate of drug-likeness (QED) is 0.569. The lowest BCUT2D eigenvalue weighted by Crippen LogP contribution is -2.14. The van der Waals surface area contributed by atoms with Crippen LogP contribution >= 0.6 is 0 Å². The summed E-state index contributed by atoms with van der Waals surface area (Å²) in [7, 11) is -0.110. The fraction of sp³-hybridized carbons (Fsp3) is 0.462. The third kappa shape index (κ3) is 2.11. The molecule has 2 aromatic heterocycles. The Morgan fingerprint density at radius 1 is 1.67 bits per heavy atom.